The summed E-state index contributed by atoms with van der Waals surface area (Å²) >= 11 is 0. The Morgan fingerprint density at radius 3 is 2.55 bits per heavy atom. The van der Waals surface area contributed by atoms with E-state index in [1.54, 1.807) is 24.3 Å². The fraction of sp³-hybridized carbons (Fsp3) is 0.500. The van der Waals surface area contributed by atoms with Crippen LogP contribution in [0.2, 0.25) is 0 Å². The van der Waals surface area contributed by atoms with Crippen LogP contribution in [-0.4, -0.2) is 48.3 Å². The van der Waals surface area contributed by atoms with Crippen LogP contribution in [0.15, 0.2) is 28.8 Å². The Morgan fingerprint density at radius 1 is 1.10 bits per heavy atom. The lowest BCUT2D eigenvalue weighted by Crippen LogP contribution is -2.41. The fourth-order valence-corrected chi connectivity index (χ4v) is 3.64. The molecule has 0 radical (unpaired) electrons. The van der Waals surface area contributed by atoms with Crippen molar-refractivity contribution in [3.8, 4) is 11.5 Å². The van der Waals surface area contributed by atoms with Crippen molar-refractivity contribution in [3.05, 3.63) is 30.0 Å². The minimum atomic E-state index is -0.153. The third kappa shape index (κ3) is 5.16. The van der Waals surface area contributed by atoms with Crippen LogP contribution in [0.1, 0.15) is 39.3 Å². The maximum Gasteiger partial charge on any atom is 0.240 e. The van der Waals surface area contributed by atoms with Gasteiger partial charge >= 0.3 is 0 Å². The molecule has 1 aromatic heterocycles. The molecule has 0 aliphatic carbocycles. The average molecular weight is 428 g/mol. The second-order valence-electron chi connectivity index (χ2n) is 8.98. The molecule has 0 bridgehead atoms. The van der Waals surface area contributed by atoms with Gasteiger partial charge in [0.25, 0.3) is 0 Å². The topological polar surface area (TPSA) is 106 Å². The number of benzene rings is 1. The van der Waals surface area contributed by atoms with Crippen LogP contribution in [0.5, 0.6) is 11.5 Å². The van der Waals surface area contributed by atoms with Gasteiger partial charge in [-0.3, -0.25) is 19.8 Å². The molecule has 4 rings (SSSR count). The van der Waals surface area contributed by atoms with Crippen molar-refractivity contribution >= 4 is 23.4 Å². The van der Waals surface area contributed by atoms with Crippen molar-refractivity contribution in [1.29, 1.82) is 0 Å². The zero-order valence-corrected chi connectivity index (χ0v) is 18.1. The highest BCUT2D eigenvalue weighted by Crippen LogP contribution is 2.34. The van der Waals surface area contributed by atoms with Crippen molar-refractivity contribution in [1.82, 2.24) is 10.1 Å². The van der Waals surface area contributed by atoms with Gasteiger partial charge in [0.1, 0.15) is 0 Å². The Morgan fingerprint density at radius 2 is 1.84 bits per heavy atom. The molecule has 166 valence electrons. The number of rotatable bonds is 5. The molecule has 0 spiro atoms. The minimum absolute atomic E-state index is 0.0145. The lowest BCUT2D eigenvalue weighted by atomic mass is 9.92. The molecule has 0 unspecified atom stereocenters. The number of nitrogens with zero attached hydrogens (tertiary/aromatic N) is 2. The number of ether oxygens (including phenoxy) is 2. The Hall–Kier alpha value is -3.07. The fourth-order valence-electron chi connectivity index (χ4n) is 3.64. The molecule has 2 N–H and O–H groups in total. The van der Waals surface area contributed by atoms with Gasteiger partial charge in [0.15, 0.2) is 11.5 Å². The predicted octanol–water partition coefficient (Wildman–Crippen LogP) is 2.99. The van der Waals surface area contributed by atoms with E-state index in [1.807, 2.05) is 25.7 Å². The van der Waals surface area contributed by atoms with Gasteiger partial charge in [-0.15, -0.1) is 0 Å². The summed E-state index contributed by atoms with van der Waals surface area (Å²) in [7, 11) is 0. The lowest BCUT2D eigenvalue weighted by molar-refractivity contribution is -0.121. The summed E-state index contributed by atoms with van der Waals surface area (Å²) in [5, 5.41) is 9.72. The number of anilines is 2. The summed E-state index contributed by atoms with van der Waals surface area (Å²) in [6, 6.07) is 7.12. The van der Waals surface area contributed by atoms with E-state index in [-0.39, 0.29) is 36.5 Å². The van der Waals surface area contributed by atoms with Crippen molar-refractivity contribution in [2.75, 3.05) is 37.1 Å². The van der Waals surface area contributed by atoms with E-state index >= 15 is 0 Å². The maximum atomic E-state index is 12.6. The molecular weight excluding hydrogens is 400 g/mol. The summed E-state index contributed by atoms with van der Waals surface area (Å²) in [4.78, 5) is 27.0. The van der Waals surface area contributed by atoms with Crippen molar-refractivity contribution in [2.45, 2.75) is 39.0 Å². The molecule has 2 aromatic rings. The van der Waals surface area contributed by atoms with Gasteiger partial charge in [-0.05, 0) is 38.1 Å². The van der Waals surface area contributed by atoms with Gasteiger partial charge in [0.2, 0.25) is 24.5 Å². The zero-order valence-electron chi connectivity index (χ0n) is 18.1. The maximum absolute atomic E-state index is 12.6. The first-order valence-electron chi connectivity index (χ1n) is 10.5. The summed E-state index contributed by atoms with van der Waals surface area (Å²) < 4.78 is 15.9. The smallest absolute Gasteiger partial charge is 0.240 e. The van der Waals surface area contributed by atoms with E-state index in [9.17, 15) is 9.59 Å². The largest absolute Gasteiger partial charge is 0.454 e. The predicted molar refractivity (Wildman–Crippen MR) is 114 cm³/mol. The van der Waals surface area contributed by atoms with Crippen LogP contribution in [0.3, 0.4) is 0 Å². The average Bonchev–Trinajstić information content (AvgIpc) is 3.37. The molecule has 1 fully saturated rings. The van der Waals surface area contributed by atoms with Crippen LogP contribution in [-0.2, 0) is 15.0 Å². The molecule has 1 saturated heterocycles. The number of hydrogen-bond donors (Lipinski definition) is 2. The highest BCUT2D eigenvalue weighted by Gasteiger charge is 2.27. The molecule has 0 atom stereocenters. The normalized spacial score (nSPS) is 16.9. The first-order valence-corrected chi connectivity index (χ1v) is 10.5. The second kappa shape index (κ2) is 8.58. The van der Waals surface area contributed by atoms with Crippen LogP contribution >= 0.6 is 0 Å². The Balaban J connectivity index is 1.22. The molecule has 31 heavy (non-hydrogen) atoms. The Kier molecular flexibility index (Phi) is 5.86. The third-order valence-electron chi connectivity index (χ3n) is 5.51. The molecule has 1 aromatic carbocycles. The standard InChI is InChI=1S/C22H28N4O5/c1-22(2,3)18-11-20(31-25-18)24-19(27)12-26-8-6-14(7-9-26)21(28)23-15-4-5-16-17(10-15)30-13-29-16/h4-5,10-11,14H,6-9,12-13H2,1-3H3,(H,23,28)(H,24,27). The Bertz CT molecular complexity index is 957. The number of aromatic nitrogens is 1. The van der Waals surface area contributed by atoms with E-state index in [0.29, 0.717) is 49.0 Å². The van der Waals surface area contributed by atoms with Gasteiger partial charge in [-0.25, -0.2) is 0 Å². The van der Waals surface area contributed by atoms with Crippen molar-refractivity contribution in [2.24, 2.45) is 5.92 Å². The monoisotopic (exact) mass is 428 g/mol. The highest BCUT2D eigenvalue weighted by atomic mass is 16.7. The number of fused-ring (bicyclic) bond motifs is 1. The Labute approximate surface area is 181 Å². The van der Waals surface area contributed by atoms with E-state index in [0.717, 1.165) is 5.69 Å². The molecule has 2 aliphatic rings. The minimum Gasteiger partial charge on any atom is -0.454 e. The van der Waals surface area contributed by atoms with Crippen LogP contribution in [0.25, 0.3) is 0 Å². The molecule has 9 nitrogen and oxygen atoms in total. The number of carbonyl (C=O) groups is 2. The summed E-state index contributed by atoms with van der Waals surface area (Å²) in [5.41, 5.74) is 1.34. The van der Waals surface area contributed by atoms with Gasteiger partial charge in [0, 0.05) is 29.2 Å². The number of nitrogens with one attached hydrogen (secondary N) is 2. The van der Waals surface area contributed by atoms with Gasteiger partial charge < -0.3 is 19.3 Å². The first-order chi connectivity index (χ1) is 14.8. The summed E-state index contributed by atoms with van der Waals surface area (Å²) in [6.45, 7) is 7.90. The lowest BCUT2D eigenvalue weighted by Gasteiger charge is -2.30. The SMILES string of the molecule is CC(C)(C)c1cc(NC(=O)CN2CCC(C(=O)Nc3ccc4c(c3)OCO4)CC2)on1. The number of likely N-dealkylation sites (tertiary alicyclic amines) is 1. The van der Waals surface area contributed by atoms with E-state index in [2.05, 4.69) is 15.8 Å². The van der Waals surface area contributed by atoms with Crippen molar-refractivity contribution < 1.29 is 23.6 Å². The van der Waals surface area contributed by atoms with Crippen LogP contribution in [0.4, 0.5) is 11.6 Å². The molecule has 2 amide bonds. The van der Waals surface area contributed by atoms with Crippen molar-refractivity contribution in [3.63, 3.8) is 0 Å². The van der Waals surface area contributed by atoms with E-state index < -0.39 is 0 Å². The van der Waals surface area contributed by atoms with Gasteiger partial charge in [-0.2, -0.15) is 0 Å². The van der Waals surface area contributed by atoms with Crippen LogP contribution < -0.4 is 20.1 Å². The molecule has 2 aliphatic heterocycles. The zero-order chi connectivity index (χ0) is 22.0. The first kappa shape index (κ1) is 21.2. The number of hydrogen-bond acceptors (Lipinski definition) is 7. The highest BCUT2D eigenvalue weighted by molar-refractivity contribution is 5.93. The van der Waals surface area contributed by atoms with Crippen LogP contribution in [0, 0.1) is 5.92 Å². The molecular formula is C22H28N4O5. The molecule has 3 heterocycles. The van der Waals surface area contributed by atoms with Gasteiger partial charge in [0.05, 0.1) is 12.2 Å². The van der Waals surface area contributed by atoms with E-state index in [1.165, 1.54) is 0 Å². The number of amides is 2. The number of carbonyl (C=O) groups excluding carboxylic acids is 2. The van der Waals surface area contributed by atoms with Gasteiger partial charge in [-0.1, -0.05) is 25.9 Å². The van der Waals surface area contributed by atoms with E-state index in [4.69, 9.17) is 14.0 Å². The summed E-state index contributed by atoms with van der Waals surface area (Å²) in [5.74, 6) is 1.42. The third-order valence-corrected chi connectivity index (χ3v) is 5.51. The summed E-state index contributed by atoms with van der Waals surface area (Å²) in [6.07, 6.45) is 1.39. The molecule has 0 saturated carbocycles. The number of piperidine rings is 1. The second-order valence-corrected chi connectivity index (χ2v) is 8.98. The molecule has 9 heteroatoms. The quantitative estimate of drug-likeness (QED) is 0.754.